The van der Waals surface area contributed by atoms with Gasteiger partial charge in [-0.15, -0.1) is 0 Å². The maximum atomic E-state index is 12.0. The molecule has 1 aliphatic heterocycles. The molecule has 1 N–H and O–H groups in total. The van der Waals surface area contributed by atoms with E-state index < -0.39 is 6.10 Å². The van der Waals surface area contributed by atoms with E-state index in [9.17, 15) is 4.79 Å². The smallest absolute Gasteiger partial charge is 0.265 e. The van der Waals surface area contributed by atoms with Crippen LogP contribution in [0.15, 0.2) is 24.3 Å². The maximum Gasteiger partial charge on any atom is 0.265 e. The molecular weight excluding hydrogens is 230 g/mol. The Kier molecular flexibility index (Phi) is 3.75. The van der Waals surface area contributed by atoms with Crippen LogP contribution in [0.1, 0.15) is 20.8 Å². The van der Waals surface area contributed by atoms with Gasteiger partial charge in [-0.1, -0.05) is 26.0 Å². The highest BCUT2D eigenvalue weighted by Gasteiger charge is 2.33. The molecule has 0 fully saturated rings. The number of rotatable bonds is 3. The average Bonchev–Trinajstić information content (AvgIpc) is 2.35. The standard InChI is InChI=1S/C14H19NO3/c1-9(2)8-15-14(16)13-10(3)17-11-6-4-5-7-12(11)18-13/h4-7,9-10,13H,8H2,1-3H3,(H,15,16)/t10-,13+/m0/s1. The number of hydrogen-bond acceptors (Lipinski definition) is 3. The van der Waals surface area contributed by atoms with E-state index in [1.54, 1.807) is 0 Å². The van der Waals surface area contributed by atoms with E-state index in [0.29, 0.717) is 24.0 Å². The zero-order valence-corrected chi connectivity index (χ0v) is 11.0. The zero-order valence-electron chi connectivity index (χ0n) is 11.0. The van der Waals surface area contributed by atoms with Gasteiger partial charge in [-0.2, -0.15) is 0 Å². The van der Waals surface area contributed by atoms with Gasteiger partial charge in [0.05, 0.1) is 0 Å². The topological polar surface area (TPSA) is 47.6 Å². The van der Waals surface area contributed by atoms with Crippen molar-refractivity contribution in [2.45, 2.75) is 33.0 Å². The molecule has 0 saturated carbocycles. The first-order chi connectivity index (χ1) is 8.58. The Balaban J connectivity index is 2.05. The second kappa shape index (κ2) is 5.29. The van der Waals surface area contributed by atoms with Gasteiger partial charge in [-0.3, -0.25) is 4.79 Å². The molecule has 0 aliphatic carbocycles. The quantitative estimate of drug-likeness (QED) is 0.891. The molecule has 1 aliphatic rings. The van der Waals surface area contributed by atoms with Crippen molar-refractivity contribution >= 4 is 5.91 Å². The van der Waals surface area contributed by atoms with Gasteiger partial charge in [0.15, 0.2) is 11.5 Å². The SMILES string of the molecule is CC(C)CNC(=O)[C@@H]1Oc2ccccc2O[C@H]1C. The first kappa shape index (κ1) is 12.7. The summed E-state index contributed by atoms with van der Waals surface area (Å²) in [4.78, 5) is 12.0. The van der Waals surface area contributed by atoms with Gasteiger partial charge >= 0.3 is 0 Å². The van der Waals surface area contributed by atoms with Crippen molar-refractivity contribution in [2.75, 3.05) is 6.54 Å². The van der Waals surface area contributed by atoms with E-state index in [2.05, 4.69) is 19.2 Å². The Morgan fingerprint density at radius 3 is 2.50 bits per heavy atom. The molecule has 0 aromatic heterocycles. The highest BCUT2D eigenvalue weighted by molar-refractivity contribution is 5.82. The minimum Gasteiger partial charge on any atom is -0.482 e. The van der Waals surface area contributed by atoms with Gasteiger partial charge in [0.1, 0.15) is 6.10 Å². The van der Waals surface area contributed by atoms with Crippen molar-refractivity contribution in [2.24, 2.45) is 5.92 Å². The second-order valence-corrected chi connectivity index (χ2v) is 4.95. The number of benzene rings is 1. The lowest BCUT2D eigenvalue weighted by molar-refractivity contribution is -0.133. The lowest BCUT2D eigenvalue weighted by Gasteiger charge is -2.31. The van der Waals surface area contributed by atoms with Crippen LogP contribution in [0.4, 0.5) is 0 Å². The van der Waals surface area contributed by atoms with Gasteiger partial charge in [0.25, 0.3) is 5.91 Å². The Morgan fingerprint density at radius 1 is 1.28 bits per heavy atom. The molecule has 4 nitrogen and oxygen atoms in total. The third-order valence-corrected chi connectivity index (χ3v) is 2.79. The van der Waals surface area contributed by atoms with Gasteiger partial charge in [-0.05, 0) is 25.0 Å². The third-order valence-electron chi connectivity index (χ3n) is 2.79. The molecule has 1 amide bonds. The molecule has 18 heavy (non-hydrogen) atoms. The monoisotopic (exact) mass is 249 g/mol. The van der Waals surface area contributed by atoms with Crippen LogP contribution < -0.4 is 14.8 Å². The number of nitrogens with one attached hydrogen (secondary N) is 1. The molecule has 4 heteroatoms. The number of ether oxygens (including phenoxy) is 2. The molecule has 0 radical (unpaired) electrons. The van der Waals surface area contributed by atoms with Crippen LogP contribution in [0.3, 0.4) is 0 Å². The van der Waals surface area contributed by atoms with Crippen molar-refractivity contribution in [3.63, 3.8) is 0 Å². The molecule has 1 aromatic rings. The predicted molar refractivity (Wildman–Crippen MR) is 68.8 cm³/mol. The summed E-state index contributed by atoms with van der Waals surface area (Å²) in [7, 11) is 0. The minimum atomic E-state index is -0.585. The molecule has 98 valence electrons. The molecule has 0 unspecified atom stereocenters. The Morgan fingerprint density at radius 2 is 1.89 bits per heavy atom. The van der Waals surface area contributed by atoms with Crippen LogP contribution >= 0.6 is 0 Å². The van der Waals surface area contributed by atoms with Crippen molar-refractivity contribution in [3.05, 3.63) is 24.3 Å². The largest absolute Gasteiger partial charge is 0.482 e. The summed E-state index contributed by atoms with van der Waals surface area (Å²) in [6, 6.07) is 7.40. The number of hydrogen-bond donors (Lipinski definition) is 1. The van der Waals surface area contributed by atoms with E-state index >= 15 is 0 Å². The average molecular weight is 249 g/mol. The van der Waals surface area contributed by atoms with Gasteiger partial charge < -0.3 is 14.8 Å². The molecule has 1 heterocycles. The molecule has 2 rings (SSSR count). The van der Waals surface area contributed by atoms with Crippen molar-refractivity contribution < 1.29 is 14.3 Å². The minimum absolute atomic E-state index is 0.120. The fourth-order valence-corrected chi connectivity index (χ4v) is 1.81. The van der Waals surface area contributed by atoms with Crippen LogP contribution in [0.25, 0.3) is 0 Å². The highest BCUT2D eigenvalue weighted by Crippen LogP contribution is 2.33. The lowest BCUT2D eigenvalue weighted by Crippen LogP contribution is -2.49. The highest BCUT2D eigenvalue weighted by atomic mass is 16.6. The van der Waals surface area contributed by atoms with Crippen molar-refractivity contribution in [3.8, 4) is 11.5 Å². The fraction of sp³-hybridized carbons (Fsp3) is 0.500. The summed E-state index contributed by atoms with van der Waals surface area (Å²) in [6.45, 7) is 6.59. The summed E-state index contributed by atoms with van der Waals surface area (Å²) in [6.07, 6.45) is -0.870. The van der Waals surface area contributed by atoms with Crippen molar-refractivity contribution in [1.82, 2.24) is 5.32 Å². The first-order valence-electron chi connectivity index (χ1n) is 6.28. The van der Waals surface area contributed by atoms with E-state index in [-0.39, 0.29) is 12.0 Å². The summed E-state index contributed by atoms with van der Waals surface area (Å²) < 4.78 is 11.4. The third kappa shape index (κ3) is 2.75. The molecule has 2 atom stereocenters. The molecule has 1 aromatic carbocycles. The zero-order chi connectivity index (χ0) is 13.1. The Hall–Kier alpha value is -1.71. The normalized spacial score (nSPS) is 21.8. The van der Waals surface area contributed by atoms with E-state index in [4.69, 9.17) is 9.47 Å². The van der Waals surface area contributed by atoms with Crippen LogP contribution in [-0.2, 0) is 4.79 Å². The van der Waals surface area contributed by atoms with Gasteiger partial charge in [0, 0.05) is 6.54 Å². The summed E-state index contributed by atoms with van der Waals surface area (Å²) >= 11 is 0. The predicted octanol–water partition coefficient (Wildman–Crippen LogP) is 1.99. The number of fused-ring (bicyclic) bond motifs is 1. The Bertz CT molecular complexity index is 431. The van der Waals surface area contributed by atoms with E-state index in [1.807, 2.05) is 31.2 Å². The maximum absolute atomic E-state index is 12.0. The lowest BCUT2D eigenvalue weighted by atomic mass is 10.1. The second-order valence-electron chi connectivity index (χ2n) is 4.95. The van der Waals surface area contributed by atoms with Crippen LogP contribution in [-0.4, -0.2) is 24.7 Å². The number of carbonyl (C=O) groups excluding carboxylic acids is 1. The molecule has 0 bridgehead atoms. The number of amides is 1. The van der Waals surface area contributed by atoms with E-state index in [0.717, 1.165) is 0 Å². The van der Waals surface area contributed by atoms with Gasteiger partial charge in [-0.25, -0.2) is 0 Å². The fourth-order valence-electron chi connectivity index (χ4n) is 1.81. The van der Waals surface area contributed by atoms with Gasteiger partial charge in [0.2, 0.25) is 6.10 Å². The van der Waals surface area contributed by atoms with Crippen LogP contribution in [0, 0.1) is 5.92 Å². The number of para-hydroxylation sites is 2. The van der Waals surface area contributed by atoms with Crippen LogP contribution in [0.2, 0.25) is 0 Å². The Labute approximate surface area is 107 Å². The summed E-state index contributed by atoms with van der Waals surface area (Å²) in [5.41, 5.74) is 0. The molecular formula is C14H19NO3. The summed E-state index contributed by atoms with van der Waals surface area (Å²) in [5, 5.41) is 2.87. The van der Waals surface area contributed by atoms with E-state index in [1.165, 1.54) is 0 Å². The van der Waals surface area contributed by atoms with Crippen molar-refractivity contribution in [1.29, 1.82) is 0 Å². The number of carbonyl (C=O) groups is 1. The first-order valence-corrected chi connectivity index (χ1v) is 6.28. The molecule has 0 saturated heterocycles. The summed E-state index contributed by atoms with van der Waals surface area (Å²) in [5.74, 6) is 1.62. The van der Waals surface area contributed by atoms with Crippen LogP contribution in [0.5, 0.6) is 11.5 Å². The molecule has 0 spiro atoms.